The molecule has 0 aliphatic rings. The van der Waals surface area contributed by atoms with E-state index in [0.29, 0.717) is 12.8 Å². The lowest BCUT2D eigenvalue weighted by Gasteiger charge is -2.57. The van der Waals surface area contributed by atoms with Crippen molar-refractivity contribution >= 4 is 31.4 Å². The molecule has 0 saturated heterocycles. The van der Waals surface area contributed by atoms with Crippen LogP contribution in [0.2, 0.25) is 45.8 Å². The van der Waals surface area contributed by atoms with E-state index in [9.17, 15) is 15.0 Å². The molecule has 0 aromatic carbocycles. The third kappa shape index (κ3) is 5.63. The van der Waals surface area contributed by atoms with E-state index >= 15 is 0 Å². The number of aliphatic hydroxyl groups is 2. The summed E-state index contributed by atoms with van der Waals surface area (Å²) >= 11 is 0. The normalized spacial score (nSPS) is 18.6. The van der Waals surface area contributed by atoms with Crippen LogP contribution in [-0.4, -0.2) is 58.2 Å². The van der Waals surface area contributed by atoms with Crippen LogP contribution in [-0.2, 0) is 13.6 Å². The van der Waals surface area contributed by atoms with Crippen molar-refractivity contribution < 1.29 is 23.9 Å². The van der Waals surface area contributed by atoms with Crippen molar-refractivity contribution in [2.24, 2.45) is 0 Å². The summed E-state index contributed by atoms with van der Waals surface area (Å²) in [5.74, 6) is -0.535. The van der Waals surface area contributed by atoms with Gasteiger partial charge < -0.3 is 19.1 Å². The molecule has 3 atom stereocenters. The van der Waals surface area contributed by atoms with Gasteiger partial charge in [0.25, 0.3) is 0 Å². The Bertz CT molecular complexity index is 530. The molecule has 0 aliphatic carbocycles. The van der Waals surface area contributed by atoms with Gasteiger partial charge in [-0.25, -0.2) is 4.79 Å². The molecule has 3 unspecified atom stereocenters. The van der Waals surface area contributed by atoms with E-state index in [1.807, 2.05) is 46.6 Å². The zero-order valence-corrected chi connectivity index (χ0v) is 22.3. The molecule has 0 amide bonds. The highest BCUT2D eigenvalue weighted by atomic mass is 28.4. The topological polar surface area (TPSA) is 76.0 Å². The number of hydrogen-bond acceptors (Lipinski definition) is 5. The van der Waals surface area contributed by atoms with Crippen LogP contribution in [0.5, 0.6) is 0 Å². The average molecular weight is 435 g/mol. The first kappa shape index (κ1) is 26.7. The first-order valence-corrected chi connectivity index (χ1v) is 19.3. The van der Waals surface area contributed by atoms with Crippen LogP contribution in [0.3, 0.4) is 0 Å². The second kappa shape index (κ2) is 9.49. The van der Waals surface area contributed by atoms with E-state index in [4.69, 9.17) is 8.85 Å². The SMILES string of the molecule is C=C(C)C(=O)OC(CCC)(C(O)(CC)C(O)[Si](C)(C)C)[Si](C)(C)O[SiH](C)C. The van der Waals surface area contributed by atoms with Crippen LogP contribution in [0, 0.1) is 0 Å². The van der Waals surface area contributed by atoms with Gasteiger partial charge in [0, 0.05) is 5.57 Å². The van der Waals surface area contributed by atoms with Crippen molar-refractivity contribution in [3.63, 3.8) is 0 Å². The van der Waals surface area contributed by atoms with Gasteiger partial charge in [-0.3, -0.25) is 0 Å². The summed E-state index contributed by atoms with van der Waals surface area (Å²) in [6.45, 7) is 23.4. The molecular formula is C19H42O5Si3. The summed E-state index contributed by atoms with van der Waals surface area (Å²) in [5.41, 5.74) is -2.25. The fourth-order valence-corrected chi connectivity index (χ4v) is 14.0. The molecule has 0 fully saturated rings. The summed E-state index contributed by atoms with van der Waals surface area (Å²) < 4.78 is 12.6. The summed E-state index contributed by atoms with van der Waals surface area (Å²) in [6.07, 6.45) is 1.42. The maximum atomic E-state index is 12.7. The predicted octanol–water partition coefficient (Wildman–Crippen LogP) is 3.77. The van der Waals surface area contributed by atoms with Gasteiger partial charge in [0.1, 0.15) is 5.60 Å². The molecule has 27 heavy (non-hydrogen) atoms. The van der Waals surface area contributed by atoms with Crippen LogP contribution < -0.4 is 0 Å². The summed E-state index contributed by atoms with van der Waals surface area (Å²) in [7, 11) is -6.45. The first-order valence-electron chi connectivity index (χ1n) is 9.99. The molecule has 2 N–H and O–H groups in total. The van der Waals surface area contributed by atoms with E-state index < -0.39 is 48.0 Å². The monoisotopic (exact) mass is 434 g/mol. The van der Waals surface area contributed by atoms with Gasteiger partial charge in [-0.05, 0) is 46.0 Å². The summed E-state index contributed by atoms with van der Waals surface area (Å²) in [6, 6.07) is 0. The Balaban J connectivity index is 6.83. The van der Waals surface area contributed by atoms with Crippen LogP contribution in [0.4, 0.5) is 0 Å². The van der Waals surface area contributed by atoms with Crippen molar-refractivity contribution in [1.29, 1.82) is 0 Å². The highest BCUT2D eigenvalue weighted by molar-refractivity contribution is 6.81. The second-order valence-corrected chi connectivity index (χ2v) is 21.6. The van der Waals surface area contributed by atoms with Gasteiger partial charge in [-0.2, -0.15) is 0 Å². The molecule has 160 valence electrons. The number of aliphatic hydroxyl groups excluding tert-OH is 1. The van der Waals surface area contributed by atoms with Crippen molar-refractivity contribution in [3.8, 4) is 0 Å². The second-order valence-electron chi connectivity index (χ2n) is 9.47. The van der Waals surface area contributed by atoms with Gasteiger partial charge in [0.15, 0.2) is 14.3 Å². The minimum Gasteiger partial charge on any atom is -0.456 e. The number of carbonyl (C=O) groups excluding carboxylic acids is 1. The Morgan fingerprint density at radius 1 is 1.19 bits per heavy atom. The number of carbonyl (C=O) groups is 1. The van der Waals surface area contributed by atoms with Gasteiger partial charge in [-0.1, -0.05) is 46.5 Å². The van der Waals surface area contributed by atoms with Crippen molar-refractivity contribution in [1.82, 2.24) is 0 Å². The fourth-order valence-electron chi connectivity index (χ4n) is 4.00. The molecular weight excluding hydrogens is 392 g/mol. The minimum absolute atomic E-state index is 0.279. The molecule has 0 aromatic rings. The third-order valence-corrected chi connectivity index (χ3v) is 14.3. The molecule has 5 nitrogen and oxygen atoms in total. The Kier molecular flexibility index (Phi) is 9.40. The third-order valence-electron chi connectivity index (χ3n) is 5.23. The van der Waals surface area contributed by atoms with Crippen molar-refractivity contribution in [2.45, 2.75) is 102 Å². The number of ether oxygens (including phenoxy) is 1. The fraction of sp³-hybridized carbons (Fsp3) is 0.842. The van der Waals surface area contributed by atoms with Gasteiger partial charge in [-0.15, -0.1) is 0 Å². The summed E-state index contributed by atoms with van der Waals surface area (Å²) in [4.78, 5) is 12.7. The Morgan fingerprint density at radius 3 is 1.96 bits per heavy atom. The molecule has 0 spiro atoms. The lowest BCUT2D eigenvalue weighted by atomic mass is 9.89. The number of hydrogen-bond donors (Lipinski definition) is 2. The molecule has 8 heteroatoms. The van der Waals surface area contributed by atoms with Gasteiger partial charge in [0.2, 0.25) is 8.32 Å². The lowest BCUT2D eigenvalue weighted by Crippen LogP contribution is -2.77. The van der Waals surface area contributed by atoms with Crippen LogP contribution in [0.25, 0.3) is 0 Å². The van der Waals surface area contributed by atoms with E-state index in [0.717, 1.165) is 0 Å². The largest absolute Gasteiger partial charge is 0.456 e. The minimum atomic E-state index is -2.78. The maximum Gasteiger partial charge on any atom is 0.333 e. The highest BCUT2D eigenvalue weighted by Crippen LogP contribution is 2.46. The first-order chi connectivity index (χ1) is 12.0. The molecule has 0 rings (SSSR count). The molecule has 0 saturated carbocycles. The molecule has 0 radical (unpaired) electrons. The smallest absolute Gasteiger partial charge is 0.333 e. The van der Waals surface area contributed by atoms with Gasteiger partial charge in [0.05, 0.1) is 13.8 Å². The van der Waals surface area contributed by atoms with E-state index in [-0.39, 0.29) is 12.0 Å². The van der Waals surface area contributed by atoms with E-state index in [1.54, 1.807) is 6.92 Å². The average Bonchev–Trinajstić information content (AvgIpc) is 2.50. The zero-order valence-electron chi connectivity index (χ0n) is 19.1. The Hall–Kier alpha value is -0.259. The maximum absolute atomic E-state index is 12.7. The van der Waals surface area contributed by atoms with Crippen LogP contribution >= 0.6 is 0 Å². The lowest BCUT2D eigenvalue weighted by molar-refractivity contribution is -0.193. The van der Waals surface area contributed by atoms with Crippen molar-refractivity contribution in [3.05, 3.63) is 12.2 Å². The quantitative estimate of drug-likeness (QED) is 0.294. The van der Waals surface area contributed by atoms with E-state index in [2.05, 4.69) is 19.7 Å². The zero-order chi connectivity index (χ0) is 21.8. The molecule has 0 aliphatic heterocycles. The summed E-state index contributed by atoms with van der Waals surface area (Å²) in [5, 5.41) is 22.0. The number of rotatable bonds is 11. The van der Waals surface area contributed by atoms with Gasteiger partial charge >= 0.3 is 5.97 Å². The molecule has 0 bridgehead atoms. The Morgan fingerprint density at radius 2 is 1.67 bits per heavy atom. The molecule has 0 aromatic heterocycles. The standard InChI is InChI=1S/C19H42O5Si3/c1-12-14-19(23-16(20)15(3)4,27(10,11)24-25(5)6)18(22,13-2)17(21)26(7,8)9/h17,21-22,25H,3,12-14H2,1-2,4-11H3. The number of esters is 1. The molecule has 0 heterocycles. The van der Waals surface area contributed by atoms with Crippen LogP contribution in [0.1, 0.15) is 40.0 Å². The Labute approximate surface area is 170 Å². The van der Waals surface area contributed by atoms with Crippen LogP contribution in [0.15, 0.2) is 12.2 Å². The highest BCUT2D eigenvalue weighted by Gasteiger charge is 2.67. The van der Waals surface area contributed by atoms with E-state index in [1.165, 1.54) is 0 Å². The van der Waals surface area contributed by atoms with Crippen molar-refractivity contribution in [2.75, 3.05) is 0 Å². The predicted molar refractivity (Wildman–Crippen MR) is 121 cm³/mol.